The third-order valence-electron chi connectivity index (χ3n) is 6.08. The molecule has 2 aromatic heterocycles. The number of piperazine rings is 1. The molecule has 5 rings (SSSR count). The van der Waals surface area contributed by atoms with Crippen LogP contribution in [0.25, 0.3) is 22.6 Å². The summed E-state index contributed by atoms with van der Waals surface area (Å²) < 4.78 is 2.07. The maximum Gasteiger partial charge on any atom is 0.253 e. The Morgan fingerprint density at radius 2 is 1.77 bits per heavy atom. The number of aromatic nitrogens is 4. The molecular formula is C23H29N7O. The van der Waals surface area contributed by atoms with Gasteiger partial charge in [-0.05, 0) is 45.9 Å². The molecule has 2 aliphatic rings. The predicted octanol–water partition coefficient (Wildman–Crippen LogP) is 3.04. The molecule has 2 fully saturated rings. The predicted molar refractivity (Wildman–Crippen MR) is 121 cm³/mol. The van der Waals surface area contributed by atoms with Crippen molar-refractivity contribution in [1.29, 1.82) is 0 Å². The number of hydrogen-bond donors (Lipinski definition) is 1. The minimum absolute atomic E-state index is 0.0880. The lowest BCUT2D eigenvalue weighted by atomic mass is 10.1. The summed E-state index contributed by atoms with van der Waals surface area (Å²) in [6.45, 7) is 7.61. The number of amides is 1. The van der Waals surface area contributed by atoms with Gasteiger partial charge in [-0.25, -0.2) is 15.0 Å². The summed E-state index contributed by atoms with van der Waals surface area (Å²) in [5, 5.41) is 3.51. The number of fused-ring (bicyclic) bond motifs is 1. The molecule has 0 bridgehead atoms. The topological polar surface area (TPSA) is 79.2 Å². The molecule has 31 heavy (non-hydrogen) atoms. The van der Waals surface area contributed by atoms with Crippen LogP contribution < -0.4 is 5.32 Å². The smallest absolute Gasteiger partial charge is 0.253 e. The van der Waals surface area contributed by atoms with Crippen LogP contribution in [-0.2, 0) is 0 Å². The first-order valence-corrected chi connectivity index (χ1v) is 11.1. The summed E-state index contributed by atoms with van der Waals surface area (Å²) in [5.41, 5.74) is 3.25. The van der Waals surface area contributed by atoms with E-state index >= 15 is 0 Å². The molecule has 162 valence electrons. The molecular weight excluding hydrogens is 390 g/mol. The number of rotatable bonds is 5. The van der Waals surface area contributed by atoms with E-state index < -0.39 is 0 Å². The lowest BCUT2D eigenvalue weighted by molar-refractivity contribution is 0.0664. The quantitative estimate of drug-likeness (QED) is 0.685. The van der Waals surface area contributed by atoms with Crippen molar-refractivity contribution in [2.45, 2.75) is 38.8 Å². The molecule has 1 saturated heterocycles. The van der Waals surface area contributed by atoms with Crippen LogP contribution in [0.2, 0.25) is 0 Å². The Kier molecular flexibility index (Phi) is 5.09. The number of carbonyl (C=O) groups excluding carboxylic acids is 1. The van der Waals surface area contributed by atoms with Crippen LogP contribution in [0.1, 0.15) is 43.1 Å². The molecule has 1 aromatic carbocycles. The third-order valence-corrected chi connectivity index (χ3v) is 6.08. The van der Waals surface area contributed by atoms with Gasteiger partial charge in [0.25, 0.3) is 5.91 Å². The van der Waals surface area contributed by atoms with E-state index in [4.69, 9.17) is 9.97 Å². The molecule has 0 spiro atoms. The summed E-state index contributed by atoms with van der Waals surface area (Å²) in [6, 6.07) is 8.39. The van der Waals surface area contributed by atoms with Crippen molar-refractivity contribution >= 4 is 22.9 Å². The fraction of sp³-hybridized carbons (Fsp3) is 0.478. The molecule has 0 radical (unpaired) electrons. The lowest BCUT2D eigenvalue weighted by Crippen LogP contribution is -2.47. The minimum atomic E-state index is 0.0880. The standard InChI is InChI=1S/C23H29N7O/c1-15(2)30-14-24-19-21(25-18-8-9-18)26-20(27-22(19)30)16-4-6-17(7-5-16)23(31)29-12-10-28(3)11-13-29/h4-7,14-15,18H,8-13H2,1-3H3,(H,25,26,27). The monoisotopic (exact) mass is 419 g/mol. The van der Waals surface area contributed by atoms with Crippen LogP contribution in [-0.4, -0.2) is 74.5 Å². The van der Waals surface area contributed by atoms with Crippen LogP contribution in [0.15, 0.2) is 30.6 Å². The van der Waals surface area contributed by atoms with Gasteiger partial charge in [0.15, 0.2) is 17.3 Å². The largest absolute Gasteiger partial charge is 0.365 e. The van der Waals surface area contributed by atoms with E-state index in [-0.39, 0.29) is 11.9 Å². The van der Waals surface area contributed by atoms with Gasteiger partial charge in [0.2, 0.25) is 0 Å². The Balaban J connectivity index is 1.45. The number of likely N-dealkylation sites (N-methyl/N-ethyl adjacent to an activating group) is 1. The van der Waals surface area contributed by atoms with Gasteiger partial charge in [0.1, 0.15) is 5.52 Å². The Hall–Kier alpha value is -3.00. The van der Waals surface area contributed by atoms with E-state index in [1.54, 1.807) is 0 Å². The highest BCUT2D eigenvalue weighted by molar-refractivity contribution is 5.95. The van der Waals surface area contributed by atoms with Gasteiger partial charge in [-0.2, -0.15) is 0 Å². The van der Waals surface area contributed by atoms with E-state index in [0.717, 1.165) is 61.6 Å². The number of benzene rings is 1. The highest BCUT2D eigenvalue weighted by Gasteiger charge is 2.25. The Labute approximate surface area is 182 Å². The van der Waals surface area contributed by atoms with Crippen molar-refractivity contribution < 1.29 is 4.79 Å². The van der Waals surface area contributed by atoms with Crippen LogP contribution in [0.4, 0.5) is 5.82 Å². The maximum atomic E-state index is 12.9. The maximum absolute atomic E-state index is 12.9. The van der Waals surface area contributed by atoms with Crippen LogP contribution >= 0.6 is 0 Å². The van der Waals surface area contributed by atoms with E-state index in [1.807, 2.05) is 35.5 Å². The van der Waals surface area contributed by atoms with Gasteiger partial charge in [0.05, 0.1) is 6.33 Å². The Morgan fingerprint density at radius 3 is 2.42 bits per heavy atom. The van der Waals surface area contributed by atoms with Crippen molar-refractivity contribution in [2.24, 2.45) is 0 Å². The zero-order chi connectivity index (χ0) is 21.5. The summed E-state index contributed by atoms with van der Waals surface area (Å²) in [6.07, 6.45) is 4.16. The summed E-state index contributed by atoms with van der Waals surface area (Å²) in [4.78, 5) is 31.2. The van der Waals surface area contributed by atoms with Crippen LogP contribution in [0, 0.1) is 0 Å². The zero-order valence-corrected chi connectivity index (χ0v) is 18.4. The van der Waals surface area contributed by atoms with Gasteiger partial charge >= 0.3 is 0 Å². The molecule has 1 N–H and O–H groups in total. The second kappa shape index (κ2) is 7.92. The number of nitrogens with zero attached hydrogens (tertiary/aromatic N) is 6. The molecule has 8 nitrogen and oxygen atoms in total. The second-order valence-electron chi connectivity index (χ2n) is 8.91. The van der Waals surface area contributed by atoms with Crippen molar-refractivity contribution in [3.63, 3.8) is 0 Å². The average Bonchev–Trinajstić information content (AvgIpc) is 3.48. The summed E-state index contributed by atoms with van der Waals surface area (Å²) >= 11 is 0. The van der Waals surface area contributed by atoms with Crippen molar-refractivity contribution in [2.75, 3.05) is 38.5 Å². The van der Waals surface area contributed by atoms with E-state index in [2.05, 4.69) is 40.7 Å². The van der Waals surface area contributed by atoms with Crippen LogP contribution in [0.3, 0.4) is 0 Å². The molecule has 0 unspecified atom stereocenters. The average molecular weight is 420 g/mol. The van der Waals surface area contributed by atoms with Gasteiger partial charge in [-0.3, -0.25) is 4.79 Å². The summed E-state index contributed by atoms with van der Waals surface area (Å²) in [5.74, 6) is 1.53. The molecule has 1 amide bonds. The van der Waals surface area contributed by atoms with Gasteiger partial charge in [-0.15, -0.1) is 0 Å². The molecule has 1 aliphatic carbocycles. The number of hydrogen-bond acceptors (Lipinski definition) is 6. The first-order chi connectivity index (χ1) is 15.0. The molecule has 3 aromatic rings. The van der Waals surface area contributed by atoms with Crippen LogP contribution in [0.5, 0.6) is 0 Å². The van der Waals surface area contributed by atoms with E-state index in [1.165, 1.54) is 0 Å². The third kappa shape index (κ3) is 3.99. The first-order valence-electron chi connectivity index (χ1n) is 11.1. The van der Waals surface area contributed by atoms with E-state index in [0.29, 0.717) is 17.4 Å². The lowest BCUT2D eigenvalue weighted by Gasteiger charge is -2.32. The normalized spacial score (nSPS) is 17.5. The minimum Gasteiger partial charge on any atom is -0.365 e. The van der Waals surface area contributed by atoms with Crippen molar-refractivity contribution in [3.05, 3.63) is 36.2 Å². The Morgan fingerprint density at radius 1 is 1.06 bits per heavy atom. The molecule has 1 saturated carbocycles. The number of carbonyl (C=O) groups is 1. The van der Waals surface area contributed by atoms with E-state index in [9.17, 15) is 4.79 Å². The number of nitrogens with one attached hydrogen (secondary N) is 1. The zero-order valence-electron chi connectivity index (χ0n) is 18.4. The van der Waals surface area contributed by atoms with Crippen molar-refractivity contribution in [3.8, 4) is 11.4 Å². The molecule has 0 atom stereocenters. The Bertz CT molecular complexity index is 1090. The number of anilines is 1. The highest BCUT2D eigenvalue weighted by Crippen LogP contribution is 2.30. The van der Waals surface area contributed by atoms with Gasteiger partial charge in [0, 0.05) is 49.4 Å². The van der Waals surface area contributed by atoms with Crippen molar-refractivity contribution in [1.82, 2.24) is 29.3 Å². The molecule has 8 heteroatoms. The van der Waals surface area contributed by atoms with Gasteiger partial charge < -0.3 is 19.7 Å². The first kappa shape index (κ1) is 19.9. The fourth-order valence-electron chi connectivity index (χ4n) is 3.90. The number of imidazole rings is 1. The SMILES string of the molecule is CC(C)n1cnc2c(NC3CC3)nc(-c3ccc(C(=O)N4CCN(C)CC4)cc3)nc21. The molecule has 3 heterocycles. The second-order valence-corrected chi connectivity index (χ2v) is 8.91. The highest BCUT2D eigenvalue weighted by atomic mass is 16.2. The van der Waals surface area contributed by atoms with Gasteiger partial charge in [-0.1, -0.05) is 12.1 Å². The fourth-order valence-corrected chi connectivity index (χ4v) is 3.90. The molecule has 1 aliphatic heterocycles. The summed E-state index contributed by atoms with van der Waals surface area (Å²) in [7, 11) is 2.09.